The number of imidazole rings is 1. The van der Waals surface area contributed by atoms with E-state index < -0.39 is 0 Å². The molecule has 33 heavy (non-hydrogen) atoms. The number of benzene rings is 1. The van der Waals surface area contributed by atoms with Crippen LogP contribution in [0.3, 0.4) is 0 Å². The predicted octanol–water partition coefficient (Wildman–Crippen LogP) is 3.39. The summed E-state index contributed by atoms with van der Waals surface area (Å²) in [7, 11) is 0. The van der Waals surface area contributed by atoms with Crippen molar-refractivity contribution in [3.8, 4) is 11.6 Å². The summed E-state index contributed by atoms with van der Waals surface area (Å²) in [5, 5.41) is 6.75. The molecule has 0 saturated carbocycles. The van der Waals surface area contributed by atoms with Crippen LogP contribution in [-0.2, 0) is 17.8 Å². The third-order valence-electron chi connectivity index (χ3n) is 5.46. The molecule has 1 unspecified atom stereocenters. The molecule has 8 nitrogen and oxygen atoms in total. The second kappa shape index (κ2) is 11.5. The van der Waals surface area contributed by atoms with Crippen LogP contribution in [-0.4, -0.2) is 46.4 Å². The van der Waals surface area contributed by atoms with E-state index in [9.17, 15) is 0 Å². The molecule has 0 amide bonds. The fraction of sp³-hybridized carbons (Fsp3) is 0.400. The van der Waals surface area contributed by atoms with Gasteiger partial charge >= 0.3 is 0 Å². The number of guanidine groups is 1. The van der Waals surface area contributed by atoms with Gasteiger partial charge in [-0.1, -0.05) is 12.1 Å². The molecule has 1 atom stereocenters. The van der Waals surface area contributed by atoms with Crippen LogP contribution in [0.4, 0.5) is 0 Å². The van der Waals surface area contributed by atoms with Crippen LogP contribution in [0.2, 0.25) is 0 Å². The highest BCUT2D eigenvalue weighted by atomic mass is 16.5. The number of aliphatic imine (C=N–C) groups is 1. The van der Waals surface area contributed by atoms with Crippen LogP contribution in [0, 0.1) is 6.92 Å². The van der Waals surface area contributed by atoms with Gasteiger partial charge in [0.25, 0.3) is 0 Å². The van der Waals surface area contributed by atoms with Crippen molar-refractivity contribution in [3.05, 3.63) is 71.9 Å². The van der Waals surface area contributed by atoms with Crippen molar-refractivity contribution in [1.29, 1.82) is 0 Å². The van der Waals surface area contributed by atoms with Gasteiger partial charge in [0.05, 0.1) is 12.6 Å². The van der Waals surface area contributed by atoms with Crippen molar-refractivity contribution in [1.82, 2.24) is 25.2 Å². The summed E-state index contributed by atoms with van der Waals surface area (Å²) in [5.41, 5.74) is 3.34. The molecule has 1 aliphatic rings. The van der Waals surface area contributed by atoms with Gasteiger partial charge in [0.1, 0.15) is 24.5 Å². The Balaban J connectivity index is 1.40. The number of hydrogen-bond acceptors (Lipinski definition) is 5. The highest BCUT2D eigenvalue weighted by Gasteiger charge is 2.17. The molecule has 2 N–H and O–H groups in total. The Bertz CT molecular complexity index is 1040. The SMILES string of the molecule is CCNC(=NCc1ccnc(-n2ccnc2)c1)NCc1ccc(C)cc1OCC1CCCO1. The first-order valence-corrected chi connectivity index (χ1v) is 11.5. The molecule has 1 fully saturated rings. The van der Waals surface area contributed by atoms with E-state index in [-0.39, 0.29) is 6.10 Å². The van der Waals surface area contributed by atoms with E-state index in [1.165, 1.54) is 5.56 Å². The molecule has 0 radical (unpaired) electrons. The van der Waals surface area contributed by atoms with Gasteiger partial charge in [-0.3, -0.25) is 4.57 Å². The lowest BCUT2D eigenvalue weighted by Gasteiger charge is -2.17. The highest BCUT2D eigenvalue weighted by molar-refractivity contribution is 5.79. The maximum Gasteiger partial charge on any atom is 0.191 e. The van der Waals surface area contributed by atoms with Crippen molar-refractivity contribution in [2.24, 2.45) is 4.99 Å². The van der Waals surface area contributed by atoms with Gasteiger partial charge in [-0.15, -0.1) is 0 Å². The first-order valence-electron chi connectivity index (χ1n) is 11.5. The van der Waals surface area contributed by atoms with Crippen molar-refractivity contribution >= 4 is 5.96 Å². The number of ether oxygens (including phenoxy) is 2. The minimum absolute atomic E-state index is 0.192. The zero-order chi connectivity index (χ0) is 22.9. The average molecular weight is 449 g/mol. The van der Waals surface area contributed by atoms with Gasteiger partial charge in [0.2, 0.25) is 0 Å². The molecule has 2 aromatic heterocycles. The normalized spacial score (nSPS) is 16.1. The lowest BCUT2D eigenvalue weighted by Crippen LogP contribution is -2.37. The lowest BCUT2D eigenvalue weighted by molar-refractivity contribution is 0.0676. The monoisotopic (exact) mass is 448 g/mol. The van der Waals surface area contributed by atoms with Gasteiger partial charge in [0, 0.05) is 43.9 Å². The molecule has 1 aromatic carbocycles. The lowest BCUT2D eigenvalue weighted by atomic mass is 10.1. The first kappa shape index (κ1) is 22.8. The summed E-state index contributed by atoms with van der Waals surface area (Å²) in [6.07, 6.45) is 9.52. The van der Waals surface area contributed by atoms with Crippen molar-refractivity contribution in [3.63, 3.8) is 0 Å². The summed E-state index contributed by atoms with van der Waals surface area (Å²) in [6, 6.07) is 10.3. The number of aromatic nitrogens is 3. The zero-order valence-corrected chi connectivity index (χ0v) is 19.3. The zero-order valence-electron chi connectivity index (χ0n) is 19.3. The summed E-state index contributed by atoms with van der Waals surface area (Å²) in [4.78, 5) is 13.2. The maximum atomic E-state index is 6.13. The van der Waals surface area contributed by atoms with E-state index in [0.717, 1.165) is 54.6 Å². The van der Waals surface area contributed by atoms with E-state index in [1.807, 2.05) is 22.9 Å². The molecule has 0 bridgehead atoms. The number of pyridine rings is 1. The summed E-state index contributed by atoms with van der Waals surface area (Å²) < 4.78 is 13.7. The highest BCUT2D eigenvalue weighted by Crippen LogP contribution is 2.22. The van der Waals surface area contributed by atoms with Gasteiger partial charge < -0.3 is 20.1 Å². The molecule has 3 heterocycles. The largest absolute Gasteiger partial charge is 0.491 e. The van der Waals surface area contributed by atoms with Crippen molar-refractivity contribution < 1.29 is 9.47 Å². The second-order valence-electron chi connectivity index (χ2n) is 8.10. The standard InChI is InChI=1S/C25H32N6O2/c1-3-27-25(29-15-20-8-9-28-24(14-20)31-11-10-26-18-31)30-16-21-7-6-19(2)13-23(21)33-17-22-5-4-12-32-22/h6-11,13-14,18,22H,3-5,12,15-17H2,1-2H3,(H2,27,29,30). The molecular weight excluding hydrogens is 416 g/mol. The number of rotatable bonds is 9. The summed E-state index contributed by atoms with van der Waals surface area (Å²) in [5.74, 6) is 2.47. The number of hydrogen-bond donors (Lipinski definition) is 2. The Labute approximate surface area is 195 Å². The van der Waals surface area contributed by atoms with E-state index in [1.54, 1.807) is 18.7 Å². The number of nitrogens with zero attached hydrogens (tertiary/aromatic N) is 4. The van der Waals surface area contributed by atoms with Crippen LogP contribution < -0.4 is 15.4 Å². The van der Waals surface area contributed by atoms with Gasteiger partial charge in [-0.25, -0.2) is 15.0 Å². The van der Waals surface area contributed by atoms with Crippen LogP contribution >= 0.6 is 0 Å². The predicted molar refractivity (Wildman–Crippen MR) is 129 cm³/mol. The van der Waals surface area contributed by atoms with Crippen LogP contribution in [0.15, 0.2) is 60.2 Å². The fourth-order valence-electron chi connectivity index (χ4n) is 3.69. The maximum absolute atomic E-state index is 6.13. The second-order valence-corrected chi connectivity index (χ2v) is 8.10. The van der Waals surface area contributed by atoms with Crippen LogP contribution in [0.1, 0.15) is 36.5 Å². The van der Waals surface area contributed by atoms with Gasteiger partial charge in [-0.2, -0.15) is 0 Å². The molecule has 174 valence electrons. The molecular formula is C25H32N6O2. The minimum atomic E-state index is 0.192. The van der Waals surface area contributed by atoms with E-state index >= 15 is 0 Å². The topological polar surface area (TPSA) is 85.6 Å². The minimum Gasteiger partial charge on any atom is -0.491 e. The van der Waals surface area contributed by atoms with Crippen molar-refractivity contribution in [2.45, 2.75) is 45.9 Å². The Morgan fingerprint density at radius 3 is 2.97 bits per heavy atom. The average Bonchev–Trinajstić information content (AvgIpc) is 3.55. The van der Waals surface area contributed by atoms with Crippen molar-refractivity contribution in [2.75, 3.05) is 19.8 Å². The van der Waals surface area contributed by atoms with Crippen LogP contribution in [0.25, 0.3) is 5.82 Å². The molecule has 4 rings (SSSR count). The number of nitrogens with one attached hydrogen (secondary N) is 2. The van der Waals surface area contributed by atoms with Crippen LogP contribution in [0.5, 0.6) is 5.75 Å². The third kappa shape index (κ3) is 6.55. The Morgan fingerprint density at radius 2 is 2.18 bits per heavy atom. The third-order valence-corrected chi connectivity index (χ3v) is 5.46. The Morgan fingerprint density at radius 1 is 1.24 bits per heavy atom. The molecule has 1 aliphatic heterocycles. The Kier molecular flexibility index (Phi) is 7.92. The molecule has 0 aliphatic carbocycles. The molecule has 3 aromatic rings. The summed E-state index contributed by atoms with van der Waals surface area (Å²) >= 11 is 0. The van der Waals surface area contributed by atoms with E-state index in [0.29, 0.717) is 19.7 Å². The fourth-order valence-corrected chi connectivity index (χ4v) is 3.69. The smallest absolute Gasteiger partial charge is 0.191 e. The molecule has 0 spiro atoms. The molecule has 1 saturated heterocycles. The summed E-state index contributed by atoms with van der Waals surface area (Å²) in [6.45, 7) is 7.49. The number of aryl methyl sites for hydroxylation is 1. The first-order chi connectivity index (χ1) is 16.2. The Hall–Kier alpha value is -3.39. The van der Waals surface area contributed by atoms with Gasteiger partial charge in [-0.05, 0) is 56.0 Å². The van der Waals surface area contributed by atoms with Gasteiger partial charge in [0.15, 0.2) is 5.96 Å². The van der Waals surface area contributed by atoms with E-state index in [2.05, 4.69) is 52.6 Å². The molecule has 8 heteroatoms. The quantitative estimate of drug-likeness (QED) is 0.386. The van der Waals surface area contributed by atoms with E-state index in [4.69, 9.17) is 14.5 Å².